The van der Waals surface area contributed by atoms with Crippen LogP contribution in [0.2, 0.25) is 0 Å². The maximum atomic E-state index is 10.2. The number of pyridine rings is 1. The van der Waals surface area contributed by atoms with Gasteiger partial charge in [-0.2, -0.15) is 10.5 Å². The second-order valence-corrected chi connectivity index (χ2v) is 8.32. The highest BCUT2D eigenvalue weighted by molar-refractivity contribution is 9.10. The SMILES string of the molecule is N#Cc1c(-c2cc(Br)ccc2OCc2ccccc2)c(C#N)c2nc3ccccc3n2c1N. The molecule has 0 aliphatic rings. The number of hydrogen-bond donors (Lipinski definition) is 1. The van der Waals surface area contributed by atoms with Crippen LogP contribution in [0.5, 0.6) is 5.75 Å². The topological polar surface area (TPSA) is 100 Å². The molecule has 0 saturated heterocycles. The summed E-state index contributed by atoms with van der Waals surface area (Å²) in [5, 5.41) is 20.3. The maximum absolute atomic E-state index is 10.2. The third-order valence-electron chi connectivity index (χ3n) is 5.45. The lowest BCUT2D eigenvalue weighted by molar-refractivity contribution is 0.307. The van der Waals surface area contributed by atoms with Gasteiger partial charge in [0, 0.05) is 15.6 Å². The third-order valence-corrected chi connectivity index (χ3v) is 5.95. The zero-order valence-corrected chi connectivity index (χ0v) is 18.9. The molecular weight excluding hydrogens is 478 g/mol. The van der Waals surface area contributed by atoms with Crippen LogP contribution in [0.4, 0.5) is 5.82 Å². The molecule has 2 heterocycles. The van der Waals surface area contributed by atoms with Crippen LogP contribution in [0.3, 0.4) is 0 Å². The number of nitrogens with zero attached hydrogens (tertiary/aromatic N) is 4. The van der Waals surface area contributed by atoms with Gasteiger partial charge in [0.2, 0.25) is 0 Å². The minimum Gasteiger partial charge on any atom is -0.488 e. The van der Waals surface area contributed by atoms with Gasteiger partial charge in [-0.15, -0.1) is 0 Å². The number of fused-ring (bicyclic) bond motifs is 3. The van der Waals surface area contributed by atoms with E-state index in [0.717, 1.165) is 15.6 Å². The van der Waals surface area contributed by atoms with Gasteiger partial charge in [0.1, 0.15) is 41.4 Å². The van der Waals surface area contributed by atoms with Crippen LogP contribution in [0, 0.1) is 22.7 Å². The average molecular weight is 494 g/mol. The fourth-order valence-corrected chi connectivity index (χ4v) is 4.32. The molecule has 0 radical (unpaired) electrons. The van der Waals surface area contributed by atoms with Gasteiger partial charge in [-0.25, -0.2) is 4.98 Å². The summed E-state index contributed by atoms with van der Waals surface area (Å²) in [6.07, 6.45) is 0. The summed E-state index contributed by atoms with van der Waals surface area (Å²) in [5.74, 6) is 0.763. The predicted molar refractivity (Wildman–Crippen MR) is 130 cm³/mol. The predicted octanol–water partition coefficient (Wildman–Crippen LogP) is 5.82. The Morgan fingerprint density at radius 2 is 1.67 bits per heavy atom. The van der Waals surface area contributed by atoms with Gasteiger partial charge < -0.3 is 10.5 Å². The first-order valence-electron chi connectivity index (χ1n) is 10.1. The number of imidazole rings is 1. The van der Waals surface area contributed by atoms with Crippen molar-refractivity contribution in [3.05, 3.63) is 94.0 Å². The molecule has 2 aromatic heterocycles. The number of nitriles is 2. The molecule has 33 heavy (non-hydrogen) atoms. The summed E-state index contributed by atoms with van der Waals surface area (Å²) >= 11 is 3.51. The molecule has 0 saturated carbocycles. The molecule has 0 aliphatic carbocycles. The molecule has 7 heteroatoms. The van der Waals surface area contributed by atoms with Gasteiger partial charge in [0.05, 0.1) is 11.0 Å². The van der Waals surface area contributed by atoms with Crippen molar-refractivity contribution in [3.8, 4) is 29.0 Å². The first-order chi connectivity index (χ1) is 16.1. The van der Waals surface area contributed by atoms with E-state index in [1.807, 2.05) is 72.8 Å². The molecule has 158 valence electrons. The Balaban J connectivity index is 1.79. The number of nitrogens with two attached hydrogens (primary N) is 1. The summed E-state index contributed by atoms with van der Waals surface area (Å²) in [7, 11) is 0. The monoisotopic (exact) mass is 493 g/mol. The second-order valence-electron chi connectivity index (χ2n) is 7.41. The standard InChI is InChI=1S/C26H16BrN5O/c27-17-10-11-23(33-15-16-6-2-1-3-7-16)18(12-17)24-19(13-28)25(30)32-22-9-5-4-8-21(22)31-26(32)20(24)14-29/h1-12H,15,30H2. The number of ether oxygens (including phenoxy) is 1. The Labute approximate surface area is 198 Å². The number of aromatic nitrogens is 2. The normalized spacial score (nSPS) is 10.8. The van der Waals surface area contributed by atoms with Gasteiger partial charge in [0.15, 0.2) is 5.65 Å². The lowest BCUT2D eigenvalue weighted by Crippen LogP contribution is -2.06. The average Bonchev–Trinajstić information content (AvgIpc) is 3.23. The Bertz CT molecular complexity index is 1610. The Hall–Kier alpha value is -4.33. The molecule has 0 amide bonds. The van der Waals surface area contributed by atoms with Crippen LogP contribution in [0.15, 0.2) is 77.3 Å². The van der Waals surface area contributed by atoms with Crippen LogP contribution in [-0.2, 0) is 6.61 Å². The molecular formula is C26H16BrN5O. The zero-order valence-electron chi connectivity index (χ0n) is 17.3. The van der Waals surface area contributed by atoms with E-state index in [4.69, 9.17) is 10.5 Å². The highest BCUT2D eigenvalue weighted by Crippen LogP contribution is 2.41. The van der Waals surface area contributed by atoms with Crippen LogP contribution in [0.1, 0.15) is 16.7 Å². The largest absolute Gasteiger partial charge is 0.488 e. The fraction of sp³-hybridized carbons (Fsp3) is 0.0385. The molecule has 0 unspecified atom stereocenters. The fourth-order valence-electron chi connectivity index (χ4n) is 3.96. The number of nitrogen functional groups attached to an aromatic ring is 1. The first kappa shape index (κ1) is 20.6. The maximum Gasteiger partial charge on any atom is 0.158 e. The third kappa shape index (κ3) is 3.45. The molecule has 6 nitrogen and oxygen atoms in total. The molecule has 0 fully saturated rings. The van der Waals surface area contributed by atoms with E-state index < -0.39 is 0 Å². The smallest absolute Gasteiger partial charge is 0.158 e. The first-order valence-corrected chi connectivity index (χ1v) is 10.9. The lowest BCUT2D eigenvalue weighted by Gasteiger charge is -2.17. The van der Waals surface area contributed by atoms with E-state index in [2.05, 4.69) is 33.1 Å². The van der Waals surface area contributed by atoms with Crippen molar-refractivity contribution in [1.29, 1.82) is 10.5 Å². The molecule has 3 aromatic carbocycles. The molecule has 0 atom stereocenters. The molecule has 5 aromatic rings. The summed E-state index contributed by atoms with van der Waals surface area (Å²) in [6.45, 7) is 0.338. The van der Waals surface area contributed by atoms with E-state index in [-0.39, 0.29) is 16.9 Å². The van der Waals surface area contributed by atoms with Crippen molar-refractivity contribution in [2.75, 3.05) is 5.73 Å². The Morgan fingerprint density at radius 1 is 0.939 bits per heavy atom. The van der Waals surface area contributed by atoms with E-state index in [1.165, 1.54) is 0 Å². The van der Waals surface area contributed by atoms with Crippen molar-refractivity contribution in [1.82, 2.24) is 9.38 Å². The lowest BCUT2D eigenvalue weighted by atomic mass is 9.95. The van der Waals surface area contributed by atoms with Crippen LogP contribution in [0.25, 0.3) is 27.8 Å². The van der Waals surface area contributed by atoms with Crippen molar-refractivity contribution < 1.29 is 4.74 Å². The number of halogens is 1. The molecule has 5 rings (SSSR count). The van der Waals surface area contributed by atoms with Gasteiger partial charge in [-0.05, 0) is 35.9 Å². The van der Waals surface area contributed by atoms with E-state index in [1.54, 1.807) is 4.40 Å². The molecule has 0 aliphatic heterocycles. The molecule has 2 N–H and O–H groups in total. The molecule has 0 spiro atoms. The molecule has 0 bridgehead atoms. The Kier molecular flexibility index (Phi) is 5.18. The van der Waals surface area contributed by atoms with Crippen LogP contribution < -0.4 is 10.5 Å². The number of rotatable bonds is 4. The summed E-state index contributed by atoms with van der Waals surface area (Å²) in [6, 6.07) is 27.2. The van der Waals surface area contributed by atoms with Crippen molar-refractivity contribution in [2.45, 2.75) is 6.61 Å². The summed E-state index contributed by atoms with van der Waals surface area (Å²) in [4.78, 5) is 4.65. The number of hydrogen-bond acceptors (Lipinski definition) is 5. The van der Waals surface area contributed by atoms with E-state index >= 15 is 0 Å². The quantitative estimate of drug-likeness (QED) is 0.339. The second kappa shape index (κ2) is 8.31. The van der Waals surface area contributed by atoms with Crippen molar-refractivity contribution >= 4 is 38.4 Å². The van der Waals surface area contributed by atoms with Crippen LogP contribution in [-0.4, -0.2) is 9.38 Å². The summed E-state index contributed by atoms with van der Waals surface area (Å²) in [5.41, 5.74) is 10.8. The van der Waals surface area contributed by atoms with Crippen molar-refractivity contribution in [3.63, 3.8) is 0 Å². The van der Waals surface area contributed by atoms with Gasteiger partial charge in [-0.3, -0.25) is 4.40 Å². The number of anilines is 1. The van der Waals surface area contributed by atoms with Gasteiger partial charge in [0.25, 0.3) is 0 Å². The number of para-hydroxylation sites is 2. The minimum absolute atomic E-state index is 0.199. The highest BCUT2D eigenvalue weighted by atomic mass is 79.9. The zero-order chi connectivity index (χ0) is 22.9. The minimum atomic E-state index is 0.199. The van der Waals surface area contributed by atoms with Gasteiger partial charge in [-0.1, -0.05) is 58.4 Å². The van der Waals surface area contributed by atoms with Crippen LogP contribution >= 0.6 is 15.9 Å². The summed E-state index contributed by atoms with van der Waals surface area (Å²) < 4.78 is 8.58. The number of benzene rings is 3. The highest BCUT2D eigenvalue weighted by Gasteiger charge is 2.25. The van der Waals surface area contributed by atoms with E-state index in [9.17, 15) is 10.5 Å². The Morgan fingerprint density at radius 3 is 2.42 bits per heavy atom. The van der Waals surface area contributed by atoms with Crippen molar-refractivity contribution in [2.24, 2.45) is 0 Å². The van der Waals surface area contributed by atoms with E-state index in [0.29, 0.717) is 34.6 Å². The van der Waals surface area contributed by atoms with Gasteiger partial charge >= 0.3 is 0 Å².